The molecule has 0 saturated heterocycles. The summed E-state index contributed by atoms with van der Waals surface area (Å²) >= 11 is 0. The highest BCUT2D eigenvalue weighted by Gasteiger charge is 2.35. The fraction of sp³-hybridized carbons (Fsp3) is 0.0625. The molecule has 9 rings (SSSR count). The Balaban J connectivity index is 1.19. The van der Waals surface area contributed by atoms with Gasteiger partial charge in [-0.25, -0.2) is 15.0 Å². The van der Waals surface area contributed by atoms with Crippen LogP contribution < -0.4 is 0 Å². The molecule has 0 fully saturated rings. The van der Waals surface area contributed by atoms with Crippen LogP contribution in [0.2, 0.25) is 0 Å². The monoisotopic (exact) mass is 653 g/mol. The lowest BCUT2D eigenvalue weighted by molar-refractivity contribution is 0.660. The summed E-state index contributed by atoms with van der Waals surface area (Å²) in [5.41, 5.74) is 14.9. The molecular formula is C48H35N3. The molecule has 0 spiro atoms. The van der Waals surface area contributed by atoms with Crippen LogP contribution in [-0.4, -0.2) is 15.0 Å². The van der Waals surface area contributed by atoms with Crippen LogP contribution in [0.15, 0.2) is 176 Å². The Bertz CT molecular complexity index is 2550. The van der Waals surface area contributed by atoms with Gasteiger partial charge in [-0.1, -0.05) is 172 Å². The van der Waals surface area contributed by atoms with Crippen molar-refractivity contribution in [2.45, 2.75) is 19.3 Å². The van der Waals surface area contributed by atoms with Crippen molar-refractivity contribution in [3.63, 3.8) is 0 Å². The topological polar surface area (TPSA) is 38.7 Å². The second-order valence-corrected chi connectivity index (χ2v) is 13.7. The molecule has 0 amide bonds. The molecule has 7 aromatic carbocycles. The molecule has 0 unspecified atom stereocenters. The average molecular weight is 654 g/mol. The number of hydrogen-bond donors (Lipinski definition) is 0. The van der Waals surface area contributed by atoms with Gasteiger partial charge in [0.2, 0.25) is 0 Å². The van der Waals surface area contributed by atoms with E-state index in [1.54, 1.807) is 0 Å². The first kappa shape index (κ1) is 30.6. The Morgan fingerprint density at radius 1 is 0.294 bits per heavy atom. The standard InChI is InChI=1S/C48H35N3/c1-48(2)43-26-12-11-24-40(43)42-31-36(27-28-44(42)48)35-20-14-22-38(30-35)46-49-45(37-21-13-19-34(29-37)32-15-5-3-6-16-32)50-47(51-46)41-25-10-9-23-39(41)33-17-7-4-8-18-33/h3-31H,1-2H3. The minimum atomic E-state index is -0.0299. The van der Waals surface area contributed by atoms with Gasteiger partial charge in [0.05, 0.1) is 0 Å². The predicted molar refractivity (Wildman–Crippen MR) is 210 cm³/mol. The smallest absolute Gasteiger partial charge is 0.164 e. The number of hydrogen-bond acceptors (Lipinski definition) is 3. The van der Waals surface area contributed by atoms with Gasteiger partial charge in [-0.3, -0.25) is 0 Å². The van der Waals surface area contributed by atoms with E-state index in [9.17, 15) is 0 Å². The van der Waals surface area contributed by atoms with Gasteiger partial charge in [0.15, 0.2) is 17.5 Å². The van der Waals surface area contributed by atoms with Gasteiger partial charge < -0.3 is 0 Å². The van der Waals surface area contributed by atoms with Crippen LogP contribution >= 0.6 is 0 Å². The van der Waals surface area contributed by atoms with Crippen molar-refractivity contribution >= 4 is 0 Å². The molecule has 3 heteroatoms. The highest BCUT2D eigenvalue weighted by Crippen LogP contribution is 2.49. The maximum Gasteiger partial charge on any atom is 0.164 e. The first-order chi connectivity index (χ1) is 25.0. The molecule has 1 aliphatic carbocycles. The van der Waals surface area contributed by atoms with Crippen LogP contribution in [0.25, 0.3) is 78.7 Å². The summed E-state index contributed by atoms with van der Waals surface area (Å²) in [6.45, 7) is 4.64. The molecule has 0 bridgehead atoms. The number of aromatic nitrogens is 3. The van der Waals surface area contributed by atoms with Crippen molar-refractivity contribution in [3.05, 3.63) is 187 Å². The summed E-state index contributed by atoms with van der Waals surface area (Å²) in [5.74, 6) is 1.91. The minimum Gasteiger partial charge on any atom is -0.208 e. The van der Waals surface area contributed by atoms with E-state index >= 15 is 0 Å². The zero-order chi connectivity index (χ0) is 34.4. The molecule has 0 N–H and O–H groups in total. The Morgan fingerprint density at radius 3 is 1.41 bits per heavy atom. The van der Waals surface area contributed by atoms with E-state index in [1.165, 1.54) is 27.8 Å². The molecule has 0 aliphatic heterocycles. The molecule has 1 aromatic heterocycles. The van der Waals surface area contributed by atoms with Crippen LogP contribution in [0.4, 0.5) is 0 Å². The maximum absolute atomic E-state index is 5.19. The largest absolute Gasteiger partial charge is 0.208 e. The summed E-state index contributed by atoms with van der Waals surface area (Å²) < 4.78 is 0. The number of fused-ring (bicyclic) bond motifs is 3. The maximum atomic E-state index is 5.19. The minimum absolute atomic E-state index is 0.0299. The fourth-order valence-electron chi connectivity index (χ4n) is 7.51. The van der Waals surface area contributed by atoms with Gasteiger partial charge in [0, 0.05) is 22.1 Å². The third-order valence-corrected chi connectivity index (χ3v) is 10.2. The number of benzene rings is 7. The molecule has 8 aromatic rings. The summed E-state index contributed by atoms with van der Waals surface area (Å²) in [6.07, 6.45) is 0. The second kappa shape index (κ2) is 12.5. The van der Waals surface area contributed by atoms with Crippen LogP contribution in [0.1, 0.15) is 25.0 Å². The lowest BCUT2D eigenvalue weighted by Gasteiger charge is -2.21. The van der Waals surface area contributed by atoms with Gasteiger partial charge in [0.25, 0.3) is 0 Å². The Hall–Kier alpha value is -6.45. The molecule has 0 atom stereocenters. The molecule has 3 nitrogen and oxygen atoms in total. The lowest BCUT2D eigenvalue weighted by atomic mass is 9.82. The van der Waals surface area contributed by atoms with Gasteiger partial charge >= 0.3 is 0 Å². The zero-order valence-corrected chi connectivity index (χ0v) is 28.6. The number of nitrogens with zero attached hydrogens (tertiary/aromatic N) is 3. The first-order valence-electron chi connectivity index (χ1n) is 17.4. The lowest BCUT2D eigenvalue weighted by Crippen LogP contribution is -2.14. The molecule has 0 saturated carbocycles. The Labute approximate surface area is 299 Å². The van der Waals surface area contributed by atoms with Crippen LogP contribution in [-0.2, 0) is 5.41 Å². The van der Waals surface area contributed by atoms with E-state index in [1.807, 2.05) is 12.1 Å². The molecule has 0 radical (unpaired) electrons. The molecule has 1 heterocycles. The van der Waals surface area contributed by atoms with E-state index in [-0.39, 0.29) is 5.41 Å². The summed E-state index contributed by atoms with van der Waals surface area (Å²) in [5, 5.41) is 0. The normalized spacial score (nSPS) is 12.7. The third-order valence-electron chi connectivity index (χ3n) is 10.2. The SMILES string of the molecule is CC1(C)c2ccccc2-c2cc(-c3cccc(-c4nc(-c5cccc(-c6ccccc6)c5)nc(-c5ccccc5-c5ccccc5)n4)c3)ccc21. The van der Waals surface area contributed by atoms with Gasteiger partial charge in [0.1, 0.15) is 0 Å². The first-order valence-corrected chi connectivity index (χ1v) is 17.4. The van der Waals surface area contributed by atoms with Crippen molar-refractivity contribution < 1.29 is 0 Å². The number of rotatable bonds is 6. The van der Waals surface area contributed by atoms with Crippen molar-refractivity contribution in [2.75, 3.05) is 0 Å². The molecule has 51 heavy (non-hydrogen) atoms. The molecule has 242 valence electrons. The third kappa shape index (κ3) is 5.53. The summed E-state index contributed by atoms with van der Waals surface area (Å²) in [6, 6.07) is 61.9. The van der Waals surface area contributed by atoms with Gasteiger partial charge in [-0.15, -0.1) is 0 Å². The van der Waals surface area contributed by atoms with Gasteiger partial charge in [-0.05, 0) is 73.8 Å². The van der Waals surface area contributed by atoms with E-state index in [0.717, 1.165) is 44.5 Å². The van der Waals surface area contributed by atoms with Gasteiger partial charge in [-0.2, -0.15) is 0 Å². The van der Waals surface area contributed by atoms with E-state index < -0.39 is 0 Å². The fourth-order valence-corrected chi connectivity index (χ4v) is 7.51. The van der Waals surface area contributed by atoms with E-state index in [2.05, 4.69) is 178 Å². The van der Waals surface area contributed by atoms with Crippen molar-refractivity contribution in [3.8, 4) is 78.7 Å². The van der Waals surface area contributed by atoms with E-state index in [4.69, 9.17) is 15.0 Å². The van der Waals surface area contributed by atoms with E-state index in [0.29, 0.717) is 17.5 Å². The Morgan fingerprint density at radius 2 is 0.745 bits per heavy atom. The summed E-state index contributed by atoms with van der Waals surface area (Å²) in [4.78, 5) is 15.5. The highest BCUT2D eigenvalue weighted by atomic mass is 15.0. The second-order valence-electron chi connectivity index (χ2n) is 13.7. The van der Waals surface area contributed by atoms with Crippen molar-refractivity contribution in [1.29, 1.82) is 0 Å². The zero-order valence-electron chi connectivity index (χ0n) is 28.6. The van der Waals surface area contributed by atoms with Crippen LogP contribution in [0.5, 0.6) is 0 Å². The Kier molecular flexibility index (Phi) is 7.48. The van der Waals surface area contributed by atoms with Crippen molar-refractivity contribution in [1.82, 2.24) is 15.0 Å². The average Bonchev–Trinajstić information content (AvgIpc) is 3.44. The molecule has 1 aliphatic rings. The van der Waals surface area contributed by atoms with Crippen molar-refractivity contribution in [2.24, 2.45) is 0 Å². The predicted octanol–water partition coefficient (Wildman–Crippen LogP) is 12.2. The van der Waals surface area contributed by atoms with Crippen LogP contribution in [0, 0.1) is 0 Å². The quantitative estimate of drug-likeness (QED) is 0.179. The molecular weight excluding hydrogens is 619 g/mol. The highest BCUT2D eigenvalue weighted by molar-refractivity contribution is 5.86. The summed E-state index contributed by atoms with van der Waals surface area (Å²) in [7, 11) is 0. The van der Waals surface area contributed by atoms with Crippen LogP contribution in [0.3, 0.4) is 0 Å².